The number of aliphatic hydroxyl groups excluding tert-OH is 1. The number of fused-ring (bicyclic) bond motifs is 1. The van der Waals surface area contributed by atoms with Crippen LogP contribution in [0.3, 0.4) is 0 Å². The SMILES string of the molecule is O=C(NOCc1cccc(C(F)(F)C(=O)O)c1)[C@@H]1c2ccccc2C(=O)N([C@H]2CCCC[C@@H]2O)[C@H]1c1ccc(Cl)cc1Cl. The number of benzene rings is 3. The van der Waals surface area contributed by atoms with Crippen molar-refractivity contribution in [3.8, 4) is 0 Å². The van der Waals surface area contributed by atoms with Gasteiger partial charge in [0.2, 0.25) is 0 Å². The van der Waals surface area contributed by atoms with Crippen molar-refractivity contribution in [1.29, 1.82) is 0 Å². The van der Waals surface area contributed by atoms with Crippen LogP contribution < -0.4 is 5.48 Å². The van der Waals surface area contributed by atoms with Crippen LogP contribution in [0.2, 0.25) is 10.0 Å². The van der Waals surface area contributed by atoms with Gasteiger partial charge in [0.25, 0.3) is 11.8 Å². The highest BCUT2D eigenvalue weighted by Crippen LogP contribution is 2.47. The van der Waals surface area contributed by atoms with Crippen LogP contribution in [0.15, 0.2) is 66.7 Å². The minimum atomic E-state index is -4.10. The number of alkyl halides is 2. The summed E-state index contributed by atoms with van der Waals surface area (Å²) in [6, 6.07) is 14.6. The zero-order chi connectivity index (χ0) is 30.9. The Morgan fingerprint density at radius 2 is 1.74 bits per heavy atom. The van der Waals surface area contributed by atoms with Crippen molar-refractivity contribution < 1.29 is 38.2 Å². The highest BCUT2D eigenvalue weighted by molar-refractivity contribution is 6.35. The molecule has 1 aliphatic carbocycles. The van der Waals surface area contributed by atoms with Gasteiger partial charge in [0.1, 0.15) is 0 Å². The maximum Gasteiger partial charge on any atom is 0.379 e. The number of nitrogens with one attached hydrogen (secondary N) is 1. The average Bonchev–Trinajstić information content (AvgIpc) is 2.98. The number of carboxylic acid groups (broad SMARTS) is 1. The Kier molecular flexibility index (Phi) is 9.03. The molecule has 1 saturated carbocycles. The lowest BCUT2D eigenvalue weighted by molar-refractivity contribution is -0.166. The molecule has 2 aliphatic rings. The number of nitrogens with zero attached hydrogens (tertiary/aromatic N) is 1. The van der Waals surface area contributed by atoms with Gasteiger partial charge in [-0.3, -0.25) is 14.4 Å². The zero-order valence-corrected chi connectivity index (χ0v) is 24.2. The van der Waals surface area contributed by atoms with E-state index in [0.29, 0.717) is 34.6 Å². The number of amides is 2. The minimum absolute atomic E-state index is 0.196. The van der Waals surface area contributed by atoms with Crippen LogP contribution in [-0.2, 0) is 27.0 Å². The van der Waals surface area contributed by atoms with Crippen molar-refractivity contribution in [2.24, 2.45) is 0 Å². The lowest BCUT2D eigenvalue weighted by Gasteiger charge is -2.48. The fourth-order valence-electron chi connectivity index (χ4n) is 5.92. The number of hydrogen-bond donors (Lipinski definition) is 3. The van der Waals surface area contributed by atoms with E-state index < -0.39 is 47.5 Å². The lowest BCUT2D eigenvalue weighted by atomic mass is 9.77. The van der Waals surface area contributed by atoms with Crippen LogP contribution in [-0.4, -0.2) is 45.0 Å². The van der Waals surface area contributed by atoms with E-state index >= 15 is 0 Å². The second-order valence-electron chi connectivity index (χ2n) is 10.6. The number of rotatable bonds is 8. The Labute approximate surface area is 256 Å². The maximum atomic E-state index is 14.0. The van der Waals surface area contributed by atoms with Gasteiger partial charge in [-0.2, -0.15) is 8.78 Å². The van der Waals surface area contributed by atoms with Crippen LogP contribution in [0.5, 0.6) is 0 Å². The molecule has 3 aromatic rings. The number of carbonyl (C=O) groups is 3. The van der Waals surface area contributed by atoms with Gasteiger partial charge in [0.15, 0.2) is 0 Å². The number of carbonyl (C=O) groups excluding carboxylic acids is 2. The zero-order valence-electron chi connectivity index (χ0n) is 22.7. The van der Waals surface area contributed by atoms with E-state index in [4.69, 9.17) is 33.1 Å². The molecular weight excluding hydrogens is 605 g/mol. The summed E-state index contributed by atoms with van der Waals surface area (Å²) in [5.41, 5.74) is 3.03. The third-order valence-electron chi connectivity index (χ3n) is 7.96. The fraction of sp³-hybridized carbons (Fsp3) is 0.323. The van der Waals surface area contributed by atoms with E-state index in [9.17, 15) is 28.3 Å². The largest absolute Gasteiger partial charge is 0.477 e. The van der Waals surface area contributed by atoms with Gasteiger partial charge in [-0.25, -0.2) is 10.3 Å². The molecule has 226 valence electrons. The molecule has 5 rings (SSSR count). The molecule has 4 atom stereocenters. The first-order valence-electron chi connectivity index (χ1n) is 13.7. The second-order valence-corrected chi connectivity index (χ2v) is 11.5. The molecule has 0 saturated heterocycles. The van der Waals surface area contributed by atoms with E-state index in [0.717, 1.165) is 25.0 Å². The highest BCUT2D eigenvalue weighted by atomic mass is 35.5. The molecule has 0 spiro atoms. The Morgan fingerprint density at radius 3 is 2.47 bits per heavy atom. The molecule has 1 fully saturated rings. The Morgan fingerprint density at radius 1 is 1.00 bits per heavy atom. The van der Waals surface area contributed by atoms with Crippen LogP contribution in [0.25, 0.3) is 0 Å². The molecule has 0 bridgehead atoms. The normalized spacial score (nSPS) is 22.2. The van der Waals surface area contributed by atoms with Crippen molar-refractivity contribution in [1.82, 2.24) is 10.4 Å². The molecule has 1 aliphatic heterocycles. The first-order valence-corrected chi connectivity index (χ1v) is 14.4. The van der Waals surface area contributed by atoms with Crippen molar-refractivity contribution in [3.63, 3.8) is 0 Å². The van der Waals surface area contributed by atoms with Gasteiger partial charge < -0.3 is 15.1 Å². The first-order chi connectivity index (χ1) is 20.5. The summed E-state index contributed by atoms with van der Waals surface area (Å²) >= 11 is 12.8. The molecular formula is C31H28Cl2F2N2O6. The van der Waals surface area contributed by atoms with Gasteiger partial charge in [0.05, 0.1) is 30.7 Å². The van der Waals surface area contributed by atoms with Crippen LogP contribution in [0.1, 0.15) is 70.3 Å². The molecule has 0 aromatic heterocycles. The van der Waals surface area contributed by atoms with Gasteiger partial charge in [-0.05, 0) is 53.8 Å². The van der Waals surface area contributed by atoms with Gasteiger partial charge in [-0.1, -0.05) is 78.5 Å². The van der Waals surface area contributed by atoms with Crippen molar-refractivity contribution in [3.05, 3.63) is 105 Å². The minimum Gasteiger partial charge on any atom is -0.477 e. The number of hydrogen-bond acceptors (Lipinski definition) is 5. The Balaban J connectivity index is 1.50. The summed E-state index contributed by atoms with van der Waals surface area (Å²) in [4.78, 5) is 45.9. The summed E-state index contributed by atoms with van der Waals surface area (Å²) in [7, 11) is 0. The molecule has 1 heterocycles. The van der Waals surface area contributed by atoms with E-state index in [1.54, 1.807) is 41.3 Å². The smallest absolute Gasteiger partial charge is 0.379 e. The topological polar surface area (TPSA) is 116 Å². The average molecular weight is 633 g/mol. The maximum absolute atomic E-state index is 14.0. The first kappa shape index (κ1) is 30.9. The molecule has 12 heteroatoms. The summed E-state index contributed by atoms with van der Waals surface area (Å²) in [5.74, 6) is -8.42. The van der Waals surface area contributed by atoms with E-state index in [-0.39, 0.29) is 23.1 Å². The quantitative estimate of drug-likeness (QED) is 0.262. The van der Waals surface area contributed by atoms with Crippen LogP contribution in [0.4, 0.5) is 8.78 Å². The second kappa shape index (κ2) is 12.6. The molecule has 3 N–H and O–H groups in total. The van der Waals surface area contributed by atoms with E-state index in [1.165, 1.54) is 18.2 Å². The van der Waals surface area contributed by atoms with Crippen molar-refractivity contribution in [2.75, 3.05) is 0 Å². The predicted octanol–water partition coefficient (Wildman–Crippen LogP) is 6.00. The standard InChI is InChI=1S/C31H28Cl2F2N2O6/c32-19-12-13-22(23(33)15-19)27-26(28(39)36-43-16-17-6-5-7-18(14-17)31(34,35)30(41)42)20-8-1-2-9-21(20)29(40)37(27)24-10-3-4-11-25(24)38/h1-2,5-9,12-15,24-27,38H,3-4,10-11,16H2,(H,36,39)(H,41,42)/t24-,25-,26+,27-/m0/s1. The number of carboxylic acids is 1. The monoisotopic (exact) mass is 632 g/mol. The molecule has 0 radical (unpaired) electrons. The Bertz CT molecular complexity index is 1550. The molecule has 3 aromatic carbocycles. The van der Waals surface area contributed by atoms with Crippen molar-refractivity contribution in [2.45, 2.75) is 62.3 Å². The van der Waals surface area contributed by atoms with Crippen LogP contribution >= 0.6 is 23.2 Å². The number of aliphatic hydroxyl groups is 1. The summed E-state index contributed by atoms with van der Waals surface area (Å²) in [6.45, 7) is -0.347. The molecule has 8 nitrogen and oxygen atoms in total. The summed E-state index contributed by atoms with van der Waals surface area (Å²) < 4.78 is 28.0. The van der Waals surface area contributed by atoms with Gasteiger partial charge >= 0.3 is 11.9 Å². The van der Waals surface area contributed by atoms with E-state index in [1.807, 2.05) is 0 Å². The number of aliphatic carboxylic acids is 1. The van der Waals surface area contributed by atoms with E-state index in [2.05, 4.69) is 5.48 Å². The molecule has 2 amide bonds. The third kappa shape index (κ3) is 6.10. The third-order valence-corrected chi connectivity index (χ3v) is 8.52. The van der Waals surface area contributed by atoms with Gasteiger partial charge in [0, 0.05) is 21.2 Å². The highest BCUT2D eigenvalue weighted by Gasteiger charge is 2.49. The lowest BCUT2D eigenvalue weighted by Crippen LogP contribution is -2.55. The van der Waals surface area contributed by atoms with Crippen LogP contribution in [0, 0.1) is 0 Å². The molecule has 0 unspecified atom stereocenters. The summed E-state index contributed by atoms with van der Waals surface area (Å²) in [6.07, 6.45) is 1.80. The van der Waals surface area contributed by atoms with Gasteiger partial charge in [-0.15, -0.1) is 0 Å². The van der Waals surface area contributed by atoms with Crippen molar-refractivity contribution >= 4 is 41.0 Å². The summed E-state index contributed by atoms with van der Waals surface area (Å²) in [5, 5.41) is 20.5. The number of hydroxylamine groups is 1. The Hall–Kier alpha value is -3.57. The predicted molar refractivity (Wildman–Crippen MR) is 154 cm³/mol. The molecule has 43 heavy (non-hydrogen) atoms. The number of halogens is 4. The fourth-order valence-corrected chi connectivity index (χ4v) is 6.44.